The molecule has 0 atom stereocenters. The lowest BCUT2D eigenvalue weighted by molar-refractivity contribution is 0.466. The van der Waals surface area contributed by atoms with Crippen molar-refractivity contribution in [2.45, 2.75) is 59.8 Å². The van der Waals surface area contributed by atoms with Crippen molar-refractivity contribution in [2.24, 2.45) is 0 Å². The zero-order valence-electron chi connectivity index (χ0n) is 13.1. The number of likely N-dealkylation sites (N-methyl/N-ethyl adjacent to an activating group) is 1. The number of allylic oxidation sites excluding steroid dienone is 4. The first-order chi connectivity index (χ1) is 8.47. The Balaban J connectivity index is 3.91. The third kappa shape index (κ3) is 9.09. The van der Waals surface area contributed by atoms with E-state index in [1.54, 1.807) is 5.57 Å². The number of nitrogens with zero attached hydrogens (tertiary/aromatic N) is 1. The van der Waals surface area contributed by atoms with Gasteiger partial charge in [-0.25, -0.2) is 0 Å². The summed E-state index contributed by atoms with van der Waals surface area (Å²) in [5.74, 6) is 0. The van der Waals surface area contributed by atoms with E-state index in [4.69, 9.17) is 0 Å². The minimum absolute atomic E-state index is 0.972. The van der Waals surface area contributed by atoms with Gasteiger partial charge in [-0.3, -0.25) is 0 Å². The van der Waals surface area contributed by atoms with Crippen molar-refractivity contribution in [1.82, 2.24) is 4.90 Å². The van der Waals surface area contributed by atoms with Crippen LogP contribution in [-0.2, 0) is 0 Å². The van der Waals surface area contributed by atoms with Crippen LogP contribution in [0, 0.1) is 0 Å². The lowest BCUT2D eigenvalue weighted by Crippen LogP contribution is -2.14. The molecule has 0 saturated heterocycles. The molecule has 0 aromatic rings. The van der Waals surface area contributed by atoms with Gasteiger partial charge < -0.3 is 4.90 Å². The maximum Gasteiger partial charge on any atom is 0.0355 e. The normalized spacial score (nSPS) is 12.7. The molecule has 0 aromatic heterocycles. The van der Waals surface area contributed by atoms with Gasteiger partial charge in [-0.1, -0.05) is 43.2 Å². The van der Waals surface area contributed by atoms with Crippen molar-refractivity contribution < 1.29 is 0 Å². The molecule has 0 spiro atoms. The molecule has 104 valence electrons. The topological polar surface area (TPSA) is 3.24 Å². The van der Waals surface area contributed by atoms with Gasteiger partial charge in [0.2, 0.25) is 0 Å². The highest BCUT2D eigenvalue weighted by Gasteiger charge is 1.95. The Hall–Kier alpha value is -0.980. The zero-order chi connectivity index (χ0) is 14.0. The zero-order valence-corrected chi connectivity index (χ0v) is 13.1. The molecule has 0 radical (unpaired) electrons. The molecule has 0 aromatic carbocycles. The van der Waals surface area contributed by atoms with Crippen molar-refractivity contribution in [3.05, 3.63) is 35.6 Å². The Morgan fingerprint density at radius 2 is 1.67 bits per heavy atom. The van der Waals surface area contributed by atoms with Crippen molar-refractivity contribution in [2.75, 3.05) is 13.6 Å². The summed E-state index contributed by atoms with van der Waals surface area (Å²) in [6.07, 6.45) is 10.9. The molecule has 0 fully saturated rings. The maximum atomic E-state index is 3.93. The first-order valence-electron chi connectivity index (χ1n) is 7.15. The Bertz CT molecular complexity index is 297. The van der Waals surface area contributed by atoms with Gasteiger partial charge in [-0.2, -0.15) is 0 Å². The fraction of sp³-hybridized carbons (Fsp3) is 0.647. The average molecular weight is 249 g/mol. The summed E-state index contributed by atoms with van der Waals surface area (Å²) in [7, 11) is 2.08. The van der Waals surface area contributed by atoms with Gasteiger partial charge in [0.05, 0.1) is 0 Å². The minimum Gasteiger partial charge on any atom is -0.375 e. The van der Waals surface area contributed by atoms with Gasteiger partial charge in [0.15, 0.2) is 0 Å². The molecule has 0 aliphatic heterocycles. The number of hydrogen-bond acceptors (Lipinski definition) is 1. The van der Waals surface area contributed by atoms with Crippen LogP contribution in [0.4, 0.5) is 0 Å². The van der Waals surface area contributed by atoms with E-state index in [-0.39, 0.29) is 0 Å². The summed E-state index contributed by atoms with van der Waals surface area (Å²) in [5.41, 5.74) is 4.14. The van der Waals surface area contributed by atoms with Gasteiger partial charge >= 0.3 is 0 Å². The Kier molecular flexibility index (Phi) is 9.45. The second kappa shape index (κ2) is 9.99. The fourth-order valence-corrected chi connectivity index (χ4v) is 1.65. The molecule has 0 unspecified atom stereocenters. The van der Waals surface area contributed by atoms with E-state index in [1.807, 2.05) is 6.92 Å². The highest BCUT2D eigenvalue weighted by molar-refractivity contribution is 5.05. The monoisotopic (exact) mass is 249 g/mol. The van der Waals surface area contributed by atoms with Crippen LogP contribution in [0.5, 0.6) is 0 Å². The molecular formula is C17H31N. The average Bonchev–Trinajstić information content (AvgIpc) is 2.33. The highest BCUT2D eigenvalue weighted by Crippen LogP contribution is 2.11. The van der Waals surface area contributed by atoms with Crippen molar-refractivity contribution in [1.29, 1.82) is 0 Å². The van der Waals surface area contributed by atoms with E-state index in [0.717, 1.165) is 12.2 Å². The van der Waals surface area contributed by atoms with Crippen LogP contribution >= 0.6 is 0 Å². The summed E-state index contributed by atoms with van der Waals surface area (Å²) in [6, 6.07) is 0. The predicted octanol–water partition coefficient (Wildman–Crippen LogP) is 5.31. The third-order valence-corrected chi connectivity index (χ3v) is 3.32. The van der Waals surface area contributed by atoms with Gasteiger partial charge in [0.1, 0.15) is 0 Å². The SMILES string of the molecule is C=C(C)N(C)CC=C(C)CCC=C(C)CCCC. The summed E-state index contributed by atoms with van der Waals surface area (Å²) >= 11 is 0. The molecule has 0 aliphatic rings. The predicted molar refractivity (Wildman–Crippen MR) is 83.7 cm³/mol. The summed E-state index contributed by atoms with van der Waals surface area (Å²) < 4.78 is 0. The van der Waals surface area contributed by atoms with Crippen molar-refractivity contribution in [3.8, 4) is 0 Å². The summed E-state index contributed by atoms with van der Waals surface area (Å²) in [4.78, 5) is 2.17. The summed E-state index contributed by atoms with van der Waals surface area (Å²) in [5, 5.41) is 0. The van der Waals surface area contributed by atoms with E-state index < -0.39 is 0 Å². The van der Waals surface area contributed by atoms with Crippen LogP contribution < -0.4 is 0 Å². The van der Waals surface area contributed by atoms with Crippen molar-refractivity contribution in [3.63, 3.8) is 0 Å². The van der Waals surface area contributed by atoms with Gasteiger partial charge in [0, 0.05) is 19.3 Å². The molecule has 1 nitrogen and oxygen atoms in total. The Morgan fingerprint density at radius 3 is 2.22 bits per heavy atom. The van der Waals surface area contributed by atoms with E-state index in [0.29, 0.717) is 0 Å². The standard InChI is InChI=1S/C17H31N/c1-7-8-10-16(4)11-9-12-17(5)13-14-18(6)15(2)3/h11,13H,2,7-10,12,14H2,1,3-6H3. The lowest BCUT2D eigenvalue weighted by Gasteiger charge is -2.16. The smallest absolute Gasteiger partial charge is 0.0355 e. The van der Waals surface area contributed by atoms with Crippen LogP contribution in [0.2, 0.25) is 0 Å². The van der Waals surface area contributed by atoms with E-state index in [1.165, 1.54) is 37.7 Å². The first kappa shape index (κ1) is 17.0. The Morgan fingerprint density at radius 1 is 1.06 bits per heavy atom. The largest absolute Gasteiger partial charge is 0.375 e. The molecule has 0 rings (SSSR count). The highest BCUT2D eigenvalue weighted by atomic mass is 15.1. The lowest BCUT2D eigenvalue weighted by atomic mass is 10.1. The number of unbranched alkanes of at least 4 members (excludes halogenated alkanes) is 1. The molecule has 0 saturated carbocycles. The van der Waals surface area contributed by atoms with E-state index in [9.17, 15) is 0 Å². The fourth-order valence-electron chi connectivity index (χ4n) is 1.65. The van der Waals surface area contributed by atoms with Crippen LogP contribution in [-0.4, -0.2) is 18.5 Å². The van der Waals surface area contributed by atoms with E-state index >= 15 is 0 Å². The van der Waals surface area contributed by atoms with Gasteiger partial charge in [-0.15, -0.1) is 0 Å². The number of rotatable bonds is 9. The minimum atomic E-state index is 0.972. The van der Waals surface area contributed by atoms with Crippen LogP contribution in [0.1, 0.15) is 59.8 Å². The molecule has 0 bridgehead atoms. The van der Waals surface area contributed by atoms with Crippen molar-refractivity contribution >= 4 is 0 Å². The Labute approximate surface area is 114 Å². The van der Waals surface area contributed by atoms with Crippen LogP contribution in [0.3, 0.4) is 0 Å². The molecule has 0 aliphatic carbocycles. The molecule has 18 heavy (non-hydrogen) atoms. The molecule has 0 amide bonds. The molecule has 0 N–H and O–H groups in total. The number of hydrogen-bond donors (Lipinski definition) is 0. The molecule has 1 heteroatoms. The first-order valence-corrected chi connectivity index (χ1v) is 7.15. The van der Waals surface area contributed by atoms with E-state index in [2.05, 4.69) is 51.4 Å². The second-order valence-corrected chi connectivity index (χ2v) is 5.36. The quantitative estimate of drug-likeness (QED) is 0.500. The third-order valence-electron chi connectivity index (χ3n) is 3.32. The molecule has 0 heterocycles. The van der Waals surface area contributed by atoms with Crippen LogP contribution in [0.15, 0.2) is 35.6 Å². The second-order valence-electron chi connectivity index (χ2n) is 5.36. The summed E-state index contributed by atoms with van der Waals surface area (Å²) in [6.45, 7) is 13.7. The van der Waals surface area contributed by atoms with Crippen LogP contribution in [0.25, 0.3) is 0 Å². The van der Waals surface area contributed by atoms with Gasteiger partial charge in [-0.05, 0) is 46.5 Å². The van der Waals surface area contributed by atoms with Gasteiger partial charge in [0.25, 0.3) is 0 Å². The maximum absolute atomic E-state index is 3.93. The molecular weight excluding hydrogens is 218 g/mol.